The van der Waals surface area contributed by atoms with E-state index in [9.17, 15) is 9.18 Å². The number of hydrogen-bond donors (Lipinski definition) is 1. The molecule has 1 N–H and O–H groups in total. The van der Waals surface area contributed by atoms with Crippen LogP contribution in [-0.2, 0) is 11.2 Å². The topological polar surface area (TPSA) is 46.5 Å². The van der Waals surface area contributed by atoms with Crippen molar-refractivity contribution in [2.24, 2.45) is 5.41 Å². The highest BCUT2D eigenvalue weighted by Gasteiger charge is 2.29. The number of benzene rings is 1. The van der Waals surface area contributed by atoms with Crippen LogP contribution >= 0.6 is 11.6 Å². The Labute approximate surface area is 104 Å². The molecule has 0 radical (unpaired) electrons. The van der Waals surface area contributed by atoms with Crippen molar-refractivity contribution in [2.45, 2.75) is 20.3 Å². The summed E-state index contributed by atoms with van der Waals surface area (Å²) in [6, 6.07) is 2.70. The van der Waals surface area contributed by atoms with E-state index < -0.39 is 17.2 Å². The lowest BCUT2D eigenvalue weighted by atomic mass is 9.85. The fourth-order valence-corrected chi connectivity index (χ4v) is 1.75. The molecule has 0 aliphatic heterocycles. The van der Waals surface area contributed by atoms with Crippen LogP contribution < -0.4 is 4.74 Å². The molecule has 94 valence electrons. The van der Waals surface area contributed by atoms with Gasteiger partial charge in [0.15, 0.2) is 0 Å². The second-order valence-electron chi connectivity index (χ2n) is 4.42. The Bertz CT molecular complexity index is 444. The van der Waals surface area contributed by atoms with Gasteiger partial charge in [-0.3, -0.25) is 4.79 Å². The Hall–Kier alpha value is -1.29. The van der Waals surface area contributed by atoms with Crippen LogP contribution in [0, 0.1) is 11.2 Å². The predicted octanol–water partition coefficient (Wildman–Crippen LogP) is 3.14. The van der Waals surface area contributed by atoms with E-state index in [1.54, 1.807) is 13.8 Å². The van der Waals surface area contributed by atoms with E-state index in [-0.39, 0.29) is 17.2 Å². The molecule has 0 amide bonds. The zero-order valence-corrected chi connectivity index (χ0v) is 10.6. The number of aliphatic carboxylic acids is 1. The van der Waals surface area contributed by atoms with Crippen LogP contribution in [0.4, 0.5) is 4.39 Å². The summed E-state index contributed by atoms with van der Waals surface area (Å²) >= 11 is 5.76. The maximum atomic E-state index is 13.2. The number of rotatable bonds is 4. The Kier molecular flexibility index (Phi) is 3.98. The smallest absolute Gasteiger partial charge is 0.309 e. The molecule has 0 saturated heterocycles. The van der Waals surface area contributed by atoms with Crippen molar-refractivity contribution >= 4 is 17.6 Å². The third-order valence-electron chi connectivity index (χ3n) is 2.55. The first kappa shape index (κ1) is 13.8. The van der Waals surface area contributed by atoms with Crippen LogP contribution in [0.25, 0.3) is 0 Å². The molecule has 0 aromatic heterocycles. The lowest BCUT2D eigenvalue weighted by Gasteiger charge is -2.21. The first-order valence-electron chi connectivity index (χ1n) is 5.04. The zero-order valence-electron chi connectivity index (χ0n) is 9.88. The van der Waals surface area contributed by atoms with Gasteiger partial charge in [-0.05, 0) is 31.9 Å². The Morgan fingerprint density at radius 1 is 1.53 bits per heavy atom. The molecule has 0 aliphatic rings. The van der Waals surface area contributed by atoms with Crippen molar-refractivity contribution in [1.29, 1.82) is 0 Å². The summed E-state index contributed by atoms with van der Waals surface area (Å²) in [5, 5.41) is 8.92. The van der Waals surface area contributed by atoms with Crippen LogP contribution in [-0.4, -0.2) is 18.2 Å². The van der Waals surface area contributed by atoms with Crippen molar-refractivity contribution in [2.75, 3.05) is 7.11 Å². The molecular weight excluding hydrogens is 247 g/mol. The third-order valence-corrected chi connectivity index (χ3v) is 2.90. The molecule has 0 fully saturated rings. The summed E-state index contributed by atoms with van der Waals surface area (Å²) in [6.45, 7) is 3.18. The highest BCUT2D eigenvalue weighted by atomic mass is 35.5. The largest absolute Gasteiger partial charge is 0.495 e. The van der Waals surface area contributed by atoms with Crippen molar-refractivity contribution in [3.8, 4) is 5.75 Å². The summed E-state index contributed by atoms with van der Waals surface area (Å²) in [5.41, 5.74) is -0.389. The van der Waals surface area contributed by atoms with Gasteiger partial charge in [-0.1, -0.05) is 17.7 Å². The molecule has 0 aliphatic carbocycles. The number of hydrogen-bond acceptors (Lipinski definition) is 2. The van der Waals surface area contributed by atoms with Gasteiger partial charge < -0.3 is 9.84 Å². The van der Waals surface area contributed by atoms with Crippen LogP contribution in [0.2, 0.25) is 5.02 Å². The van der Waals surface area contributed by atoms with Gasteiger partial charge in [0.1, 0.15) is 16.6 Å². The van der Waals surface area contributed by atoms with E-state index in [1.165, 1.54) is 19.2 Å². The Morgan fingerprint density at radius 2 is 2.12 bits per heavy atom. The number of ether oxygens (including phenoxy) is 1. The number of carbonyl (C=O) groups is 1. The predicted molar refractivity (Wildman–Crippen MR) is 63.1 cm³/mol. The molecule has 0 heterocycles. The van der Waals surface area contributed by atoms with Crippen LogP contribution in [0.3, 0.4) is 0 Å². The van der Waals surface area contributed by atoms with E-state index in [1.807, 2.05) is 0 Å². The molecule has 1 aromatic rings. The van der Waals surface area contributed by atoms with Gasteiger partial charge in [0.25, 0.3) is 0 Å². The number of carboxylic acid groups (broad SMARTS) is 1. The van der Waals surface area contributed by atoms with Gasteiger partial charge in [-0.2, -0.15) is 0 Å². The van der Waals surface area contributed by atoms with Crippen LogP contribution in [0.1, 0.15) is 19.4 Å². The molecule has 0 unspecified atom stereocenters. The van der Waals surface area contributed by atoms with Gasteiger partial charge in [-0.25, -0.2) is 4.39 Å². The van der Waals surface area contributed by atoms with Gasteiger partial charge in [0, 0.05) is 0 Å². The minimum atomic E-state index is -0.964. The molecule has 0 bridgehead atoms. The fourth-order valence-electron chi connectivity index (χ4n) is 1.48. The summed E-state index contributed by atoms with van der Waals surface area (Å²) in [5.74, 6) is -1.32. The standard InChI is InChI=1S/C12H14ClFO3/c1-12(2,11(15)16)6-7-4-5-8(14)9(13)10(7)17-3/h4-5H,6H2,1-3H3,(H,15,16). The van der Waals surface area contributed by atoms with Crippen molar-refractivity contribution < 1.29 is 19.0 Å². The van der Waals surface area contributed by atoms with E-state index in [2.05, 4.69) is 0 Å². The molecule has 5 heteroatoms. The summed E-state index contributed by atoms with van der Waals surface area (Å²) in [4.78, 5) is 11.0. The highest BCUT2D eigenvalue weighted by Crippen LogP contribution is 2.35. The minimum absolute atomic E-state index is 0.119. The lowest BCUT2D eigenvalue weighted by Crippen LogP contribution is -2.26. The number of methoxy groups -OCH3 is 1. The van der Waals surface area contributed by atoms with Crippen molar-refractivity contribution in [3.05, 3.63) is 28.5 Å². The SMILES string of the molecule is COc1c(CC(C)(C)C(=O)O)ccc(F)c1Cl. The Balaban J connectivity index is 3.16. The lowest BCUT2D eigenvalue weighted by molar-refractivity contribution is -0.146. The molecule has 0 saturated carbocycles. The maximum Gasteiger partial charge on any atom is 0.309 e. The van der Waals surface area contributed by atoms with Gasteiger partial charge in [0.2, 0.25) is 0 Å². The first-order valence-corrected chi connectivity index (χ1v) is 5.41. The zero-order chi connectivity index (χ0) is 13.2. The van der Waals surface area contributed by atoms with Gasteiger partial charge in [0.05, 0.1) is 12.5 Å². The summed E-state index contributed by atoms with van der Waals surface area (Å²) < 4.78 is 18.2. The van der Waals surface area contributed by atoms with E-state index >= 15 is 0 Å². The quantitative estimate of drug-likeness (QED) is 0.905. The average Bonchev–Trinajstić information content (AvgIpc) is 2.23. The van der Waals surface area contributed by atoms with Crippen molar-refractivity contribution in [3.63, 3.8) is 0 Å². The van der Waals surface area contributed by atoms with E-state index in [0.717, 1.165) is 0 Å². The average molecular weight is 261 g/mol. The second kappa shape index (κ2) is 4.92. The van der Waals surface area contributed by atoms with Crippen LogP contribution in [0.15, 0.2) is 12.1 Å². The molecule has 0 spiro atoms. The molecule has 3 nitrogen and oxygen atoms in total. The van der Waals surface area contributed by atoms with E-state index in [4.69, 9.17) is 21.4 Å². The minimum Gasteiger partial charge on any atom is -0.495 e. The molecule has 17 heavy (non-hydrogen) atoms. The van der Waals surface area contributed by atoms with Crippen molar-refractivity contribution in [1.82, 2.24) is 0 Å². The monoisotopic (exact) mass is 260 g/mol. The highest BCUT2D eigenvalue weighted by molar-refractivity contribution is 6.32. The Morgan fingerprint density at radius 3 is 2.59 bits per heavy atom. The fraction of sp³-hybridized carbons (Fsp3) is 0.417. The molecular formula is C12H14ClFO3. The summed E-state index contributed by atoms with van der Waals surface area (Å²) in [7, 11) is 1.37. The third kappa shape index (κ3) is 2.88. The van der Waals surface area contributed by atoms with E-state index in [0.29, 0.717) is 5.56 Å². The van der Waals surface area contributed by atoms with Gasteiger partial charge >= 0.3 is 5.97 Å². The molecule has 1 rings (SSSR count). The second-order valence-corrected chi connectivity index (χ2v) is 4.80. The first-order chi connectivity index (χ1) is 7.79. The maximum absolute atomic E-state index is 13.2. The number of halogens is 2. The summed E-state index contributed by atoms with van der Waals surface area (Å²) in [6.07, 6.45) is 0.214. The van der Waals surface area contributed by atoms with Gasteiger partial charge in [-0.15, -0.1) is 0 Å². The normalized spacial score (nSPS) is 11.4. The number of carboxylic acids is 1. The molecule has 1 aromatic carbocycles. The molecule has 0 atom stereocenters. The van der Waals surface area contributed by atoms with Crippen LogP contribution in [0.5, 0.6) is 5.75 Å².